The van der Waals surface area contributed by atoms with E-state index in [1.807, 2.05) is 24.4 Å². The third-order valence-corrected chi connectivity index (χ3v) is 5.10. The third kappa shape index (κ3) is 2.79. The number of H-pyrrole nitrogens is 1. The number of aromatic amines is 1. The maximum absolute atomic E-state index is 12.5. The van der Waals surface area contributed by atoms with Gasteiger partial charge in [0.25, 0.3) is 5.91 Å². The topological polar surface area (TPSA) is 73.5 Å². The number of hydrogen-bond acceptors (Lipinski definition) is 3. The molecular formula is C14H17N3O3S. The summed E-state index contributed by atoms with van der Waals surface area (Å²) in [5.41, 5.74) is 1.63. The van der Waals surface area contributed by atoms with Gasteiger partial charge in [-0.25, -0.2) is 8.42 Å². The highest BCUT2D eigenvalue weighted by Gasteiger charge is 2.26. The number of hydrogen-bond donors (Lipinski definition) is 1. The molecule has 1 amide bonds. The number of aromatic nitrogens is 1. The molecule has 0 spiro atoms. The van der Waals surface area contributed by atoms with Crippen molar-refractivity contribution in [1.82, 2.24) is 14.2 Å². The van der Waals surface area contributed by atoms with Crippen LogP contribution in [0, 0.1) is 0 Å². The molecule has 2 heterocycles. The minimum absolute atomic E-state index is 0.0498. The summed E-state index contributed by atoms with van der Waals surface area (Å²) < 4.78 is 24.3. The highest BCUT2D eigenvalue weighted by molar-refractivity contribution is 7.88. The van der Waals surface area contributed by atoms with Crippen LogP contribution in [0.5, 0.6) is 0 Å². The molecule has 21 heavy (non-hydrogen) atoms. The molecule has 6 nitrogen and oxygen atoms in total. The molecule has 0 saturated carbocycles. The van der Waals surface area contributed by atoms with Crippen molar-refractivity contribution in [2.75, 3.05) is 32.4 Å². The van der Waals surface area contributed by atoms with Crippen LogP contribution in [-0.4, -0.2) is 60.9 Å². The van der Waals surface area contributed by atoms with E-state index in [0.29, 0.717) is 31.7 Å². The molecule has 0 aliphatic carbocycles. The number of fused-ring (bicyclic) bond motifs is 1. The molecule has 112 valence electrons. The van der Waals surface area contributed by atoms with Gasteiger partial charge in [0.2, 0.25) is 10.0 Å². The Morgan fingerprint density at radius 3 is 2.52 bits per heavy atom. The van der Waals surface area contributed by atoms with E-state index >= 15 is 0 Å². The maximum Gasteiger partial charge on any atom is 0.253 e. The lowest BCUT2D eigenvalue weighted by Crippen LogP contribution is -2.50. The minimum atomic E-state index is -3.17. The Kier molecular flexibility index (Phi) is 3.46. The Morgan fingerprint density at radius 1 is 1.14 bits per heavy atom. The second-order valence-electron chi connectivity index (χ2n) is 5.23. The zero-order valence-electron chi connectivity index (χ0n) is 11.7. The molecule has 0 radical (unpaired) electrons. The number of nitrogens with one attached hydrogen (secondary N) is 1. The second kappa shape index (κ2) is 5.16. The summed E-state index contributed by atoms with van der Waals surface area (Å²) in [5.74, 6) is -0.0498. The van der Waals surface area contributed by atoms with Gasteiger partial charge in [-0.15, -0.1) is 0 Å². The number of benzene rings is 1. The summed E-state index contributed by atoms with van der Waals surface area (Å²) in [6, 6.07) is 7.46. The van der Waals surface area contributed by atoms with Crippen LogP contribution in [-0.2, 0) is 10.0 Å². The molecule has 1 N–H and O–H groups in total. The van der Waals surface area contributed by atoms with Gasteiger partial charge in [0.1, 0.15) is 0 Å². The van der Waals surface area contributed by atoms with Crippen molar-refractivity contribution in [3.63, 3.8) is 0 Å². The first-order valence-corrected chi connectivity index (χ1v) is 8.61. The molecule has 1 fully saturated rings. The van der Waals surface area contributed by atoms with Crippen LogP contribution in [0.2, 0.25) is 0 Å². The van der Waals surface area contributed by atoms with Crippen LogP contribution in [0.1, 0.15) is 10.4 Å². The monoisotopic (exact) mass is 307 g/mol. The fraction of sp³-hybridized carbons (Fsp3) is 0.357. The van der Waals surface area contributed by atoms with E-state index in [1.54, 1.807) is 11.0 Å². The molecule has 0 atom stereocenters. The second-order valence-corrected chi connectivity index (χ2v) is 7.22. The van der Waals surface area contributed by atoms with Gasteiger partial charge in [-0.1, -0.05) is 0 Å². The lowest BCUT2D eigenvalue weighted by atomic mass is 10.1. The Hall–Kier alpha value is -1.86. The minimum Gasteiger partial charge on any atom is -0.361 e. The molecule has 2 aromatic rings. The number of amides is 1. The smallest absolute Gasteiger partial charge is 0.253 e. The van der Waals surface area contributed by atoms with Crippen molar-refractivity contribution in [1.29, 1.82) is 0 Å². The highest BCUT2D eigenvalue weighted by Crippen LogP contribution is 2.17. The van der Waals surface area contributed by atoms with Crippen molar-refractivity contribution in [2.45, 2.75) is 0 Å². The molecule has 0 bridgehead atoms. The maximum atomic E-state index is 12.5. The lowest BCUT2D eigenvalue weighted by Gasteiger charge is -2.33. The Balaban J connectivity index is 1.74. The Bertz CT molecular complexity index is 774. The summed E-state index contributed by atoms with van der Waals surface area (Å²) in [6.45, 7) is 1.57. The van der Waals surface area contributed by atoms with Crippen LogP contribution in [0.25, 0.3) is 10.9 Å². The first-order chi connectivity index (χ1) is 9.95. The summed E-state index contributed by atoms with van der Waals surface area (Å²) in [6.07, 6.45) is 3.04. The largest absolute Gasteiger partial charge is 0.361 e. The molecule has 3 rings (SSSR count). The number of carbonyl (C=O) groups is 1. The van der Waals surface area contributed by atoms with E-state index in [2.05, 4.69) is 4.98 Å². The highest BCUT2D eigenvalue weighted by atomic mass is 32.2. The molecule has 1 aromatic carbocycles. The van der Waals surface area contributed by atoms with Gasteiger partial charge in [0, 0.05) is 48.8 Å². The van der Waals surface area contributed by atoms with Crippen molar-refractivity contribution < 1.29 is 13.2 Å². The molecule has 1 aromatic heterocycles. The van der Waals surface area contributed by atoms with Crippen LogP contribution < -0.4 is 0 Å². The van der Waals surface area contributed by atoms with E-state index in [1.165, 1.54) is 10.6 Å². The quantitative estimate of drug-likeness (QED) is 0.895. The Morgan fingerprint density at radius 2 is 1.86 bits per heavy atom. The van der Waals surface area contributed by atoms with Crippen LogP contribution in [0.15, 0.2) is 30.5 Å². The van der Waals surface area contributed by atoms with Gasteiger partial charge in [0.15, 0.2) is 0 Å². The molecular weight excluding hydrogens is 290 g/mol. The van der Waals surface area contributed by atoms with E-state index in [0.717, 1.165) is 10.9 Å². The average Bonchev–Trinajstić information content (AvgIpc) is 2.93. The zero-order chi connectivity index (χ0) is 15.0. The normalized spacial score (nSPS) is 17.3. The molecule has 1 saturated heterocycles. The molecule has 1 aliphatic rings. The summed E-state index contributed by atoms with van der Waals surface area (Å²) in [4.78, 5) is 17.3. The fourth-order valence-electron chi connectivity index (χ4n) is 2.59. The first-order valence-electron chi connectivity index (χ1n) is 6.77. The van der Waals surface area contributed by atoms with Crippen molar-refractivity contribution in [3.05, 3.63) is 36.0 Å². The first kappa shape index (κ1) is 14.1. The van der Waals surface area contributed by atoms with Crippen LogP contribution in [0.3, 0.4) is 0 Å². The van der Waals surface area contributed by atoms with Crippen LogP contribution in [0.4, 0.5) is 0 Å². The average molecular weight is 307 g/mol. The van der Waals surface area contributed by atoms with Gasteiger partial charge in [-0.2, -0.15) is 4.31 Å². The predicted molar refractivity (Wildman–Crippen MR) is 80.6 cm³/mol. The van der Waals surface area contributed by atoms with E-state index in [4.69, 9.17) is 0 Å². The molecule has 7 heteroatoms. The number of piperazine rings is 1. The van der Waals surface area contributed by atoms with E-state index in [9.17, 15) is 13.2 Å². The van der Waals surface area contributed by atoms with Crippen molar-refractivity contribution in [2.24, 2.45) is 0 Å². The number of rotatable bonds is 2. The molecule has 1 aliphatic heterocycles. The standard InChI is InChI=1S/C14H17N3O3S/c1-21(19,20)17-8-6-16(7-9-17)14(18)12-2-3-13-11(10-12)4-5-15-13/h2-5,10,15H,6-9H2,1H3. The number of carbonyl (C=O) groups excluding carboxylic acids is 1. The van der Waals surface area contributed by atoms with Crippen LogP contribution >= 0.6 is 0 Å². The summed E-state index contributed by atoms with van der Waals surface area (Å²) in [7, 11) is -3.17. The predicted octanol–water partition coefficient (Wildman–Crippen LogP) is 0.885. The third-order valence-electron chi connectivity index (χ3n) is 3.80. The lowest BCUT2D eigenvalue weighted by molar-refractivity contribution is 0.0698. The number of nitrogens with zero attached hydrogens (tertiary/aromatic N) is 2. The fourth-order valence-corrected chi connectivity index (χ4v) is 3.42. The van der Waals surface area contributed by atoms with E-state index in [-0.39, 0.29) is 5.91 Å². The Labute approximate surface area is 123 Å². The van der Waals surface area contributed by atoms with Gasteiger partial charge in [-0.3, -0.25) is 4.79 Å². The number of sulfonamides is 1. The summed E-state index contributed by atoms with van der Waals surface area (Å²) in [5, 5.41) is 0.996. The summed E-state index contributed by atoms with van der Waals surface area (Å²) >= 11 is 0. The van der Waals surface area contributed by atoms with Gasteiger partial charge >= 0.3 is 0 Å². The zero-order valence-corrected chi connectivity index (χ0v) is 12.6. The van der Waals surface area contributed by atoms with Gasteiger partial charge < -0.3 is 9.88 Å². The van der Waals surface area contributed by atoms with E-state index < -0.39 is 10.0 Å². The van der Waals surface area contributed by atoms with Crippen molar-refractivity contribution in [3.8, 4) is 0 Å². The van der Waals surface area contributed by atoms with Gasteiger partial charge in [0.05, 0.1) is 6.26 Å². The van der Waals surface area contributed by atoms with Gasteiger partial charge in [-0.05, 0) is 24.3 Å². The molecule has 0 unspecified atom stereocenters. The van der Waals surface area contributed by atoms with Crippen molar-refractivity contribution >= 4 is 26.8 Å². The SMILES string of the molecule is CS(=O)(=O)N1CCN(C(=O)c2ccc3[nH]ccc3c2)CC1.